The fourth-order valence-electron chi connectivity index (χ4n) is 0.711. The summed E-state index contributed by atoms with van der Waals surface area (Å²) in [5, 5.41) is 17.3. The average molecular weight is 191 g/mol. The van der Waals surface area contributed by atoms with Crippen LogP contribution in [-0.4, -0.2) is 25.6 Å². The van der Waals surface area contributed by atoms with Gasteiger partial charge in [0.1, 0.15) is 17.9 Å². The van der Waals surface area contributed by atoms with Crippen LogP contribution in [0.1, 0.15) is 6.92 Å². The Morgan fingerprint density at radius 3 is 2.29 bits per heavy atom. The Balaban J connectivity index is 4.87. The lowest BCUT2D eigenvalue weighted by Gasteiger charge is -2.06. The molecule has 0 amide bonds. The Kier molecular flexibility index (Phi) is 5.65. The van der Waals surface area contributed by atoms with E-state index in [4.69, 9.17) is 15.3 Å². The van der Waals surface area contributed by atoms with Crippen molar-refractivity contribution in [2.24, 2.45) is 0 Å². The third-order valence-electron chi connectivity index (χ3n) is 1.29. The van der Waals surface area contributed by atoms with Gasteiger partial charge >= 0.3 is 0 Å². The number of nitrogens with zero attached hydrogens (tertiary/aromatic N) is 3. The molecule has 0 aromatic carbocycles. The molecular formula is C10H13N3O. The molecule has 0 bridgehead atoms. The maximum Gasteiger partial charge on any atom is 0.171 e. The lowest BCUT2D eigenvalue weighted by Crippen LogP contribution is -2.01. The molecule has 0 saturated heterocycles. The van der Waals surface area contributed by atoms with Gasteiger partial charge in [0.05, 0.1) is 6.61 Å². The van der Waals surface area contributed by atoms with Gasteiger partial charge in [-0.2, -0.15) is 10.5 Å². The summed E-state index contributed by atoms with van der Waals surface area (Å²) in [6.45, 7) is 2.23. The molecule has 0 aromatic rings. The van der Waals surface area contributed by atoms with Gasteiger partial charge in [-0.05, 0) is 13.0 Å². The van der Waals surface area contributed by atoms with Crippen LogP contribution in [0.2, 0.25) is 0 Å². The molecule has 0 aliphatic heterocycles. The number of hydrogen-bond acceptors (Lipinski definition) is 4. The van der Waals surface area contributed by atoms with Crippen molar-refractivity contribution in [3.05, 3.63) is 23.6 Å². The van der Waals surface area contributed by atoms with E-state index < -0.39 is 0 Å². The molecule has 74 valence electrons. The minimum atomic E-state index is -0.00931. The molecule has 4 heteroatoms. The van der Waals surface area contributed by atoms with Gasteiger partial charge in [-0.15, -0.1) is 0 Å². The van der Waals surface area contributed by atoms with Crippen LogP contribution in [0, 0.1) is 22.7 Å². The summed E-state index contributed by atoms with van der Waals surface area (Å²) in [7, 11) is 3.69. The predicted molar refractivity (Wildman–Crippen MR) is 52.7 cm³/mol. The molecule has 14 heavy (non-hydrogen) atoms. The first kappa shape index (κ1) is 12.1. The van der Waals surface area contributed by atoms with Gasteiger partial charge in [0.2, 0.25) is 0 Å². The molecule has 0 aliphatic rings. The van der Waals surface area contributed by atoms with Crippen molar-refractivity contribution in [3.63, 3.8) is 0 Å². The molecule has 0 unspecified atom stereocenters. The van der Waals surface area contributed by atoms with Crippen molar-refractivity contribution >= 4 is 0 Å². The third kappa shape index (κ3) is 4.18. The third-order valence-corrected chi connectivity index (χ3v) is 1.29. The molecule has 0 radical (unpaired) electrons. The Hall–Kier alpha value is -1.94. The van der Waals surface area contributed by atoms with Gasteiger partial charge in [0, 0.05) is 20.3 Å². The van der Waals surface area contributed by atoms with Gasteiger partial charge in [0.25, 0.3) is 0 Å². The maximum absolute atomic E-state index is 8.63. The van der Waals surface area contributed by atoms with Crippen LogP contribution >= 0.6 is 0 Å². The highest BCUT2D eigenvalue weighted by atomic mass is 16.5. The van der Waals surface area contributed by atoms with Gasteiger partial charge in [-0.1, -0.05) is 0 Å². The summed E-state index contributed by atoms with van der Waals surface area (Å²) < 4.78 is 5.16. The summed E-state index contributed by atoms with van der Waals surface area (Å²) in [6.07, 6.45) is 3.32. The maximum atomic E-state index is 8.63. The topological polar surface area (TPSA) is 60.0 Å². The van der Waals surface area contributed by atoms with Crippen LogP contribution in [0.3, 0.4) is 0 Å². The lowest BCUT2D eigenvalue weighted by molar-refractivity contribution is 0.240. The minimum Gasteiger partial charge on any atom is -0.492 e. The van der Waals surface area contributed by atoms with Crippen LogP contribution in [0.15, 0.2) is 23.6 Å². The SMILES string of the molecule is CCOC(C=CN(C)C)=C(C#N)C#N. The van der Waals surface area contributed by atoms with Crippen LogP contribution in [-0.2, 0) is 4.74 Å². The van der Waals surface area contributed by atoms with E-state index in [1.54, 1.807) is 36.2 Å². The van der Waals surface area contributed by atoms with E-state index in [1.165, 1.54) is 0 Å². The molecule has 0 fully saturated rings. The fraction of sp³-hybridized carbons (Fsp3) is 0.400. The van der Waals surface area contributed by atoms with Crippen molar-refractivity contribution < 1.29 is 4.74 Å². The number of rotatable bonds is 4. The zero-order valence-corrected chi connectivity index (χ0v) is 8.61. The van der Waals surface area contributed by atoms with Crippen molar-refractivity contribution in [2.75, 3.05) is 20.7 Å². The molecule has 0 heterocycles. The van der Waals surface area contributed by atoms with E-state index in [1.807, 2.05) is 14.1 Å². The number of allylic oxidation sites excluding steroid dienone is 2. The molecular weight excluding hydrogens is 178 g/mol. The summed E-state index contributed by atoms with van der Waals surface area (Å²) in [4.78, 5) is 1.80. The number of hydrogen-bond donors (Lipinski definition) is 0. The minimum absolute atomic E-state index is 0.00931. The Morgan fingerprint density at radius 1 is 1.36 bits per heavy atom. The summed E-state index contributed by atoms with van der Waals surface area (Å²) in [6, 6.07) is 3.57. The van der Waals surface area contributed by atoms with Crippen molar-refractivity contribution in [3.8, 4) is 12.1 Å². The average Bonchev–Trinajstić information content (AvgIpc) is 2.15. The van der Waals surface area contributed by atoms with Crippen LogP contribution in [0.4, 0.5) is 0 Å². The predicted octanol–water partition coefficient (Wildman–Crippen LogP) is 1.40. The van der Waals surface area contributed by atoms with E-state index in [0.29, 0.717) is 12.4 Å². The van der Waals surface area contributed by atoms with E-state index in [-0.39, 0.29) is 5.57 Å². The van der Waals surface area contributed by atoms with Gasteiger partial charge in [-0.3, -0.25) is 0 Å². The monoisotopic (exact) mass is 191 g/mol. The molecule has 0 aliphatic carbocycles. The summed E-state index contributed by atoms with van der Waals surface area (Å²) >= 11 is 0. The summed E-state index contributed by atoms with van der Waals surface area (Å²) in [5.74, 6) is 0.311. The van der Waals surface area contributed by atoms with Crippen molar-refractivity contribution in [2.45, 2.75) is 6.92 Å². The second-order valence-corrected chi connectivity index (χ2v) is 2.68. The van der Waals surface area contributed by atoms with E-state index >= 15 is 0 Å². The molecule has 0 rings (SSSR count). The Morgan fingerprint density at radius 2 is 1.93 bits per heavy atom. The standard InChI is InChI=1S/C10H13N3O/c1-4-14-10(5-6-13(2)3)9(7-11)8-12/h5-6H,4H2,1-3H3. The van der Waals surface area contributed by atoms with Gasteiger partial charge in [-0.25, -0.2) is 0 Å². The zero-order valence-electron chi connectivity index (χ0n) is 8.61. The Labute approximate surface area is 84.3 Å². The van der Waals surface area contributed by atoms with Gasteiger partial charge < -0.3 is 9.64 Å². The highest BCUT2D eigenvalue weighted by molar-refractivity contribution is 5.41. The first-order valence-corrected chi connectivity index (χ1v) is 4.17. The smallest absolute Gasteiger partial charge is 0.171 e. The molecule has 0 N–H and O–H groups in total. The highest BCUT2D eigenvalue weighted by Gasteiger charge is 2.02. The van der Waals surface area contributed by atoms with E-state index in [2.05, 4.69) is 0 Å². The van der Waals surface area contributed by atoms with E-state index in [0.717, 1.165) is 0 Å². The first-order chi connectivity index (χ1) is 6.65. The molecule has 0 spiro atoms. The van der Waals surface area contributed by atoms with Crippen molar-refractivity contribution in [1.82, 2.24) is 4.90 Å². The second kappa shape index (κ2) is 6.56. The van der Waals surface area contributed by atoms with Crippen LogP contribution < -0.4 is 0 Å². The summed E-state index contributed by atoms with van der Waals surface area (Å²) in [5.41, 5.74) is -0.00931. The number of nitriles is 2. The highest BCUT2D eigenvalue weighted by Crippen LogP contribution is 2.06. The fourth-order valence-corrected chi connectivity index (χ4v) is 0.711. The largest absolute Gasteiger partial charge is 0.492 e. The molecule has 0 aromatic heterocycles. The molecule has 0 atom stereocenters. The van der Waals surface area contributed by atoms with Gasteiger partial charge in [0.15, 0.2) is 5.57 Å². The first-order valence-electron chi connectivity index (χ1n) is 4.17. The normalized spacial score (nSPS) is 8.93. The zero-order chi connectivity index (χ0) is 11.0. The van der Waals surface area contributed by atoms with Crippen molar-refractivity contribution in [1.29, 1.82) is 10.5 Å². The quantitative estimate of drug-likeness (QED) is 0.383. The Bertz CT molecular complexity index is 299. The molecule has 4 nitrogen and oxygen atoms in total. The van der Waals surface area contributed by atoms with E-state index in [9.17, 15) is 0 Å². The second-order valence-electron chi connectivity index (χ2n) is 2.68. The van der Waals surface area contributed by atoms with Crippen LogP contribution in [0.25, 0.3) is 0 Å². The molecule has 0 saturated carbocycles. The number of ether oxygens (including phenoxy) is 1. The lowest BCUT2D eigenvalue weighted by atomic mass is 10.2. The van der Waals surface area contributed by atoms with Crippen LogP contribution in [0.5, 0.6) is 0 Å².